The Hall–Kier alpha value is -2.22. The molecule has 1 aliphatic rings. The van der Waals surface area contributed by atoms with Crippen molar-refractivity contribution in [2.75, 3.05) is 13.7 Å². The van der Waals surface area contributed by atoms with Crippen LogP contribution in [-0.2, 0) is 4.79 Å². The van der Waals surface area contributed by atoms with Crippen molar-refractivity contribution in [1.29, 1.82) is 0 Å². The average Bonchev–Trinajstić information content (AvgIpc) is 3.23. The first-order valence-corrected chi connectivity index (χ1v) is 7.76. The summed E-state index contributed by atoms with van der Waals surface area (Å²) in [4.78, 5) is 18.1. The number of hydrogen-bond acceptors (Lipinski definition) is 6. The Bertz CT molecular complexity index is 648. The number of likely N-dealkylation sites (N-methyl/N-ethyl adjacent to an activating group) is 1. The predicted octanol–water partition coefficient (Wildman–Crippen LogP) is 1.42. The second-order valence-corrected chi connectivity index (χ2v) is 5.92. The highest BCUT2D eigenvalue weighted by Gasteiger charge is 2.36. The van der Waals surface area contributed by atoms with E-state index in [-0.39, 0.29) is 24.5 Å². The van der Waals surface area contributed by atoms with E-state index in [0.29, 0.717) is 16.7 Å². The van der Waals surface area contributed by atoms with Crippen molar-refractivity contribution in [2.24, 2.45) is 0 Å². The molecule has 8 nitrogen and oxygen atoms in total. The second-order valence-electron chi connectivity index (χ2n) is 5.48. The van der Waals surface area contributed by atoms with E-state index in [1.165, 1.54) is 6.20 Å². The zero-order valence-corrected chi connectivity index (χ0v) is 13.4. The Kier molecular flexibility index (Phi) is 4.71. The Morgan fingerprint density at radius 1 is 1.48 bits per heavy atom. The number of rotatable bonds is 5. The largest absolute Gasteiger partial charge is 0.468 e. The van der Waals surface area contributed by atoms with E-state index in [1.54, 1.807) is 24.1 Å². The van der Waals surface area contributed by atoms with E-state index in [1.807, 2.05) is 0 Å². The number of amides is 1. The number of nitrogens with zero attached hydrogens (tertiary/aromatic N) is 5. The molecule has 3 rings (SSSR count). The molecule has 2 aromatic rings. The van der Waals surface area contributed by atoms with Crippen LogP contribution in [0.3, 0.4) is 0 Å². The minimum absolute atomic E-state index is 0.0573. The van der Waals surface area contributed by atoms with Crippen LogP contribution in [0.15, 0.2) is 18.3 Å². The van der Waals surface area contributed by atoms with Crippen molar-refractivity contribution >= 4 is 17.5 Å². The van der Waals surface area contributed by atoms with Gasteiger partial charge in [-0.15, -0.1) is 10.2 Å². The number of aromatic nitrogens is 5. The number of tetrazole rings is 1. The van der Waals surface area contributed by atoms with Gasteiger partial charge in [-0.05, 0) is 18.9 Å². The van der Waals surface area contributed by atoms with E-state index in [2.05, 4.69) is 25.6 Å². The van der Waals surface area contributed by atoms with Crippen LogP contribution in [0.5, 0.6) is 5.88 Å². The van der Waals surface area contributed by atoms with Crippen LogP contribution in [0.4, 0.5) is 0 Å². The first-order chi connectivity index (χ1) is 11.1. The molecule has 0 spiro atoms. The number of carbonyl (C=O) groups is 1. The minimum atomic E-state index is -0.109. The highest BCUT2D eigenvalue weighted by Crippen LogP contribution is 2.35. The number of carbonyl (C=O) groups excluding carboxylic acids is 1. The molecule has 0 bridgehead atoms. The van der Waals surface area contributed by atoms with Gasteiger partial charge >= 0.3 is 0 Å². The summed E-state index contributed by atoms with van der Waals surface area (Å²) in [5.74, 6) is 1.03. The van der Waals surface area contributed by atoms with Crippen molar-refractivity contribution in [3.8, 4) is 5.88 Å². The molecular formula is C14H17ClN6O2. The Morgan fingerprint density at radius 3 is 3.04 bits per heavy atom. The van der Waals surface area contributed by atoms with E-state index in [4.69, 9.17) is 16.3 Å². The maximum Gasteiger partial charge on any atom is 0.260 e. The molecule has 1 amide bonds. The zero-order chi connectivity index (χ0) is 16.2. The topological polar surface area (TPSA) is 96.9 Å². The number of nitrogens with one attached hydrogen (secondary N) is 1. The van der Waals surface area contributed by atoms with Gasteiger partial charge in [0.15, 0.2) is 12.4 Å². The lowest BCUT2D eigenvalue weighted by molar-refractivity contribution is -0.134. The molecule has 0 radical (unpaired) electrons. The van der Waals surface area contributed by atoms with Crippen molar-refractivity contribution in [3.63, 3.8) is 0 Å². The van der Waals surface area contributed by atoms with Crippen LogP contribution in [0.2, 0.25) is 5.02 Å². The molecule has 0 saturated heterocycles. The van der Waals surface area contributed by atoms with Crippen LogP contribution in [-0.4, -0.2) is 56.1 Å². The molecule has 2 atom stereocenters. The molecule has 0 aromatic carbocycles. The number of H-pyrrole nitrogens is 1. The monoisotopic (exact) mass is 336 g/mol. The number of ether oxygens (including phenoxy) is 1. The van der Waals surface area contributed by atoms with Gasteiger partial charge < -0.3 is 9.64 Å². The van der Waals surface area contributed by atoms with E-state index < -0.39 is 0 Å². The third-order valence-electron chi connectivity index (χ3n) is 4.11. The molecule has 2 unspecified atom stereocenters. The first kappa shape index (κ1) is 15.7. The van der Waals surface area contributed by atoms with Crippen LogP contribution < -0.4 is 4.74 Å². The third-order valence-corrected chi connectivity index (χ3v) is 4.33. The fraction of sp³-hybridized carbons (Fsp3) is 0.500. The lowest BCUT2D eigenvalue weighted by atomic mass is 10.0. The molecule has 1 aliphatic carbocycles. The quantitative estimate of drug-likeness (QED) is 0.887. The fourth-order valence-electron chi connectivity index (χ4n) is 2.90. The SMILES string of the molecule is CN(C(=O)COc1ccc(Cl)cn1)C1CCCC1c1nn[nH]n1. The summed E-state index contributed by atoms with van der Waals surface area (Å²) in [6.45, 7) is -0.0689. The van der Waals surface area contributed by atoms with Gasteiger partial charge in [-0.25, -0.2) is 4.98 Å². The van der Waals surface area contributed by atoms with Gasteiger partial charge in [-0.1, -0.05) is 23.2 Å². The standard InChI is InChI=1S/C14H17ClN6O2/c1-21(11-4-2-3-10(11)14-17-19-20-18-14)13(22)8-23-12-6-5-9(15)7-16-12/h5-7,10-11H,2-4,8H2,1H3,(H,17,18,19,20). The average molecular weight is 337 g/mol. The first-order valence-electron chi connectivity index (χ1n) is 7.38. The lowest BCUT2D eigenvalue weighted by Gasteiger charge is -2.28. The Labute approximate surface area is 138 Å². The van der Waals surface area contributed by atoms with Crippen LogP contribution in [0.1, 0.15) is 31.0 Å². The van der Waals surface area contributed by atoms with E-state index >= 15 is 0 Å². The van der Waals surface area contributed by atoms with Crippen molar-refractivity contribution in [1.82, 2.24) is 30.5 Å². The molecule has 1 saturated carbocycles. The smallest absolute Gasteiger partial charge is 0.260 e. The summed E-state index contributed by atoms with van der Waals surface area (Å²) >= 11 is 5.76. The minimum Gasteiger partial charge on any atom is -0.468 e. The van der Waals surface area contributed by atoms with Gasteiger partial charge in [0.1, 0.15) is 0 Å². The molecule has 1 N–H and O–H groups in total. The fourth-order valence-corrected chi connectivity index (χ4v) is 3.01. The van der Waals surface area contributed by atoms with E-state index in [9.17, 15) is 4.79 Å². The maximum absolute atomic E-state index is 12.4. The van der Waals surface area contributed by atoms with Gasteiger partial charge in [0.05, 0.1) is 5.02 Å². The predicted molar refractivity (Wildman–Crippen MR) is 82.1 cm³/mol. The van der Waals surface area contributed by atoms with Gasteiger partial charge in [0.2, 0.25) is 5.88 Å². The second kappa shape index (κ2) is 6.91. The third kappa shape index (κ3) is 3.58. The summed E-state index contributed by atoms with van der Waals surface area (Å²) in [6, 6.07) is 3.36. The summed E-state index contributed by atoms with van der Waals surface area (Å²) in [6.07, 6.45) is 4.37. The van der Waals surface area contributed by atoms with Gasteiger partial charge in [0.25, 0.3) is 5.91 Å². The molecule has 0 aliphatic heterocycles. The summed E-state index contributed by atoms with van der Waals surface area (Å²) in [5.41, 5.74) is 0. The maximum atomic E-state index is 12.4. The van der Waals surface area contributed by atoms with E-state index in [0.717, 1.165) is 19.3 Å². The summed E-state index contributed by atoms with van der Waals surface area (Å²) < 4.78 is 5.42. The normalized spacial score (nSPS) is 20.4. The molecule has 122 valence electrons. The number of pyridine rings is 1. The molecule has 1 fully saturated rings. The highest BCUT2D eigenvalue weighted by atomic mass is 35.5. The Morgan fingerprint density at radius 2 is 2.35 bits per heavy atom. The van der Waals surface area contributed by atoms with Gasteiger partial charge in [-0.3, -0.25) is 4.79 Å². The molecule has 23 heavy (non-hydrogen) atoms. The summed E-state index contributed by atoms with van der Waals surface area (Å²) in [5, 5.41) is 14.7. The van der Waals surface area contributed by atoms with Crippen molar-refractivity contribution in [3.05, 3.63) is 29.2 Å². The molecule has 2 aromatic heterocycles. The zero-order valence-electron chi connectivity index (χ0n) is 12.6. The van der Waals surface area contributed by atoms with Crippen LogP contribution >= 0.6 is 11.6 Å². The molecule has 2 heterocycles. The van der Waals surface area contributed by atoms with Crippen molar-refractivity contribution in [2.45, 2.75) is 31.2 Å². The van der Waals surface area contributed by atoms with Crippen molar-refractivity contribution < 1.29 is 9.53 Å². The number of halogens is 1. The number of aromatic amines is 1. The molecule has 9 heteroatoms. The van der Waals surface area contributed by atoms with Gasteiger partial charge in [-0.2, -0.15) is 5.21 Å². The van der Waals surface area contributed by atoms with Gasteiger partial charge in [0, 0.05) is 31.3 Å². The van der Waals surface area contributed by atoms with Crippen LogP contribution in [0.25, 0.3) is 0 Å². The number of hydrogen-bond donors (Lipinski definition) is 1. The van der Waals surface area contributed by atoms with Crippen LogP contribution in [0, 0.1) is 0 Å². The Balaban J connectivity index is 1.59. The summed E-state index contributed by atoms with van der Waals surface area (Å²) in [7, 11) is 1.78. The lowest BCUT2D eigenvalue weighted by Crippen LogP contribution is -2.41. The molecular weight excluding hydrogens is 320 g/mol. The highest BCUT2D eigenvalue weighted by molar-refractivity contribution is 6.30.